The predicted octanol–water partition coefficient (Wildman–Crippen LogP) is 3.86. The topological polar surface area (TPSA) is 15.3 Å². The van der Waals surface area contributed by atoms with Gasteiger partial charge in [0, 0.05) is 32.2 Å². The molecule has 1 saturated heterocycles. The van der Waals surface area contributed by atoms with Crippen molar-refractivity contribution in [1.82, 2.24) is 10.2 Å². The van der Waals surface area contributed by atoms with Crippen molar-refractivity contribution >= 4 is 11.6 Å². The molecule has 2 rings (SSSR count). The van der Waals surface area contributed by atoms with E-state index in [9.17, 15) is 4.39 Å². The maximum Gasteiger partial charge on any atom is 0.142 e. The zero-order valence-electron chi connectivity index (χ0n) is 12.3. The molecule has 20 heavy (non-hydrogen) atoms. The van der Waals surface area contributed by atoms with Crippen LogP contribution >= 0.6 is 11.6 Å². The van der Waals surface area contributed by atoms with Crippen LogP contribution in [0.2, 0.25) is 5.02 Å². The Kier molecular flexibility index (Phi) is 5.82. The lowest BCUT2D eigenvalue weighted by molar-refractivity contribution is 0.126. The molecule has 0 aliphatic carbocycles. The van der Waals surface area contributed by atoms with E-state index in [-0.39, 0.29) is 11.9 Å². The molecule has 2 nitrogen and oxygen atoms in total. The second-order valence-electron chi connectivity index (χ2n) is 5.64. The molecule has 0 aromatic heterocycles. The van der Waals surface area contributed by atoms with Gasteiger partial charge in [0.1, 0.15) is 5.82 Å². The molecule has 0 radical (unpaired) electrons. The number of halogens is 2. The SMILES string of the molecule is CCCC(C)[C@@H](c1cccc(F)c1Cl)N1CCNCC1. The van der Waals surface area contributed by atoms with E-state index in [2.05, 4.69) is 24.1 Å². The Hall–Kier alpha value is -0.640. The minimum absolute atomic E-state index is 0.209. The predicted molar refractivity (Wildman–Crippen MR) is 82.7 cm³/mol. The van der Waals surface area contributed by atoms with E-state index in [0.29, 0.717) is 10.9 Å². The van der Waals surface area contributed by atoms with E-state index < -0.39 is 0 Å². The zero-order chi connectivity index (χ0) is 14.5. The molecule has 0 amide bonds. The Morgan fingerprint density at radius 3 is 2.70 bits per heavy atom. The van der Waals surface area contributed by atoms with E-state index in [1.807, 2.05) is 6.07 Å². The summed E-state index contributed by atoms with van der Waals surface area (Å²) < 4.78 is 13.8. The van der Waals surface area contributed by atoms with Gasteiger partial charge in [-0.1, -0.05) is 44.0 Å². The van der Waals surface area contributed by atoms with Crippen molar-refractivity contribution in [2.24, 2.45) is 5.92 Å². The van der Waals surface area contributed by atoms with Crippen molar-refractivity contribution in [2.75, 3.05) is 26.2 Å². The summed E-state index contributed by atoms with van der Waals surface area (Å²) in [7, 11) is 0. The van der Waals surface area contributed by atoms with Crippen LogP contribution in [0.4, 0.5) is 4.39 Å². The molecule has 1 heterocycles. The number of benzene rings is 1. The van der Waals surface area contributed by atoms with Gasteiger partial charge in [0.2, 0.25) is 0 Å². The summed E-state index contributed by atoms with van der Waals surface area (Å²) in [5.74, 6) is 0.158. The second-order valence-corrected chi connectivity index (χ2v) is 6.02. The first kappa shape index (κ1) is 15.7. The first-order chi connectivity index (χ1) is 9.65. The lowest BCUT2D eigenvalue weighted by Gasteiger charge is -2.39. The molecule has 0 spiro atoms. The Bertz CT molecular complexity index is 432. The Morgan fingerprint density at radius 2 is 2.05 bits per heavy atom. The van der Waals surface area contributed by atoms with Crippen LogP contribution in [0.1, 0.15) is 38.3 Å². The minimum Gasteiger partial charge on any atom is -0.314 e. The fraction of sp³-hybridized carbons (Fsp3) is 0.625. The number of hydrogen-bond donors (Lipinski definition) is 1. The second kappa shape index (κ2) is 7.39. The van der Waals surface area contributed by atoms with Crippen LogP contribution in [0.3, 0.4) is 0 Å². The monoisotopic (exact) mass is 298 g/mol. The van der Waals surface area contributed by atoms with Gasteiger partial charge in [0.15, 0.2) is 0 Å². The van der Waals surface area contributed by atoms with Crippen LogP contribution in [0.5, 0.6) is 0 Å². The van der Waals surface area contributed by atoms with Crippen molar-refractivity contribution < 1.29 is 4.39 Å². The van der Waals surface area contributed by atoms with Gasteiger partial charge < -0.3 is 5.32 Å². The third kappa shape index (κ3) is 3.51. The molecule has 1 aromatic rings. The Labute approximate surface area is 126 Å². The van der Waals surface area contributed by atoms with E-state index in [4.69, 9.17) is 11.6 Å². The van der Waals surface area contributed by atoms with E-state index in [1.165, 1.54) is 6.07 Å². The fourth-order valence-corrected chi connectivity index (χ4v) is 3.42. The van der Waals surface area contributed by atoms with Crippen LogP contribution in [0.25, 0.3) is 0 Å². The average Bonchev–Trinajstić information content (AvgIpc) is 2.45. The van der Waals surface area contributed by atoms with Gasteiger partial charge in [-0.25, -0.2) is 4.39 Å². The van der Waals surface area contributed by atoms with Crippen molar-refractivity contribution in [3.8, 4) is 0 Å². The third-order valence-corrected chi connectivity index (χ3v) is 4.53. The standard InChI is InChI=1S/C16H24ClFN2/c1-3-5-12(2)16(20-10-8-19-9-11-20)13-6-4-7-14(18)15(13)17/h4,6-7,12,16,19H,3,5,8-11H2,1-2H3/t12?,16-/m0/s1. The van der Waals surface area contributed by atoms with Gasteiger partial charge in [-0.15, -0.1) is 0 Å². The molecule has 2 atom stereocenters. The molecule has 1 aliphatic rings. The van der Waals surface area contributed by atoms with Crippen LogP contribution < -0.4 is 5.32 Å². The fourth-order valence-electron chi connectivity index (χ4n) is 3.19. The van der Waals surface area contributed by atoms with Gasteiger partial charge >= 0.3 is 0 Å². The highest BCUT2D eigenvalue weighted by Crippen LogP contribution is 2.36. The zero-order valence-corrected chi connectivity index (χ0v) is 13.1. The number of nitrogens with zero attached hydrogens (tertiary/aromatic N) is 1. The van der Waals surface area contributed by atoms with Crippen molar-refractivity contribution in [3.05, 3.63) is 34.6 Å². The molecular weight excluding hydrogens is 275 g/mol. The highest BCUT2D eigenvalue weighted by molar-refractivity contribution is 6.31. The quantitative estimate of drug-likeness (QED) is 0.888. The summed E-state index contributed by atoms with van der Waals surface area (Å²) in [6, 6.07) is 5.39. The molecule has 112 valence electrons. The van der Waals surface area contributed by atoms with Crippen molar-refractivity contribution in [1.29, 1.82) is 0 Å². The van der Waals surface area contributed by atoms with Crippen LogP contribution in [-0.4, -0.2) is 31.1 Å². The number of piperazine rings is 1. The van der Waals surface area contributed by atoms with Crippen LogP contribution in [0.15, 0.2) is 18.2 Å². The van der Waals surface area contributed by atoms with E-state index >= 15 is 0 Å². The summed E-state index contributed by atoms with van der Waals surface area (Å²) >= 11 is 6.23. The number of rotatable bonds is 5. The van der Waals surface area contributed by atoms with Crippen LogP contribution in [0, 0.1) is 11.7 Å². The largest absolute Gasteiger partial charge is 0.314 e. The lowest BCUT2D eigenvalue weighted by Crippen LogP contribution is -2.46. The summed E-state index contributed by atoms with van der Waals surface area (Å²) in [4.78, 5) is 2.44. The Balaban J connectivity index is 2.31. The van der Waals surface area contributed by atoms with Gasteiger partial charge in [-0.2, -0.15) is 0 Å². The molecule has 1 unspecified atom stereocenters. The van der Waals surface area contributed by atoms with Gasteiger partial charge in [0.25, 0.3) is 0 Å². The summed E-state index contributed by atoms with van der Waals surface area (Å²) in [5, 5.41) is 3.66. The highest BCUT2D eigenvalue weighted by Gasteiger charge is 2.29. The van der Waals surface area contributed by atoms with Gasteiger partial charge in [-0.3, -0.25) is 4.90 Å². The summed E-state index contributed by atoms with van der Waals surface area (Å²) in [5.41, 5.74) is 0.939. The molecule has 0 bridgehead atoms. The highest BCUT2D eigenvalue weighted by atomic mass is 35.5. The molecular formula is C16H24ClFN2. The molecule has 1 aromatic carbocycles. The number of nitrogens with one attached hydrogen (secondary N) is 1. The van der Waals surface area contributed by atoms with Crippen molar-refractivity contribution in [3.63, 3.8) is 0 Å². The molecule has 1 fully saturated rings. The van der Waals surface area contributed by atoms with Gasteiger partial charge in [0.05, 0.1) is 5.02 Å². The minimum atomic E-state index is -0.312. The molecule has 1 N–H and O–H groups in total. The lowest BCUT2D eigenvalue weighted by atomic mass is 9.89. The maximum absolute atomic E-state index is 13.8. The normalized spacial score (nSPS) is 19.8. The molecule has 0 saturated carbocycles. The maximum atomic E-state index is 13.8. The molecule has 1 aliphatic heterocycles. The smallest absolute Gasteiger partial charge is 0.142 e. The third-order valence-electron chi connectivity index (χ3n) is 4.13. The van der Waals surface area contributed by atoms with Crippen molar-refractivity contribution in [2.45, 2.75) is 32.7 Å². The van der Waals surface area contributed by atoms with E-state index in [1.54, 1.807) is 6.07 Å². The summed E-state index contributed by atoms with van der Waals surface area (Å²) in [6.07, 6.45) is 2.26. The van der Waals surface area contributed by atoms with E-state index in [0.717, 1.165) is 44.6 Å². The first-order valence-corrected chi connectivity index (χ1v) is 7.91. The Morgan fingerprint density at radius 1 is 1.35 bits per heavy atom. The average molecular weight is 299 g/mol. The van der Waals surface area contributed by atoms with Gasteiger partial charge in [-0.05, 0) is 24.0 Å². The first-order valence-electron chi connectivity index (χ1n) is 7.53. The number of hydrogen-bond acceptors (Lipinski definition) is 2. The molecule has 4 heteroatoms. The van der Waals surface area contributed by atoms with Crippen LogP contribution in [-0.2, 0) is 0 Å². The summed E-state index contributed by atoms with van der Waals surface area (Å²) in [6.45, 7) is 8.40.